The van der Waals surface area contributed by atoms with Gasteiger partial charge in [-0.15, -0.1) is 0 Å². The fraction of sp³-hybridized carbons (Fsp3) is 0.500. The van der Waals surface area contributed by atoms with Gasteiger partial charge in [0.2, 0.25) is 5.76 Å². The van der Waals surface area contributed by atoms with Crippen molar-refractivity contribution in [2.45, 2.75) is 46.1 Å². The van der Waals surface area contributed by atoms with Gasteiger partial charge in [-0.3, -0.25) is 9.89 Å². The quantitative estimate of drug-likeness (QED) is 0.894. The molecule has 0 aromatic carbocycles. The zero-order valence-electron chi connectivity index (χ0n) is 11.7. The molecular weight excluding hydrogens is 256 g/mol. The predicted octanol–water partition coefficient (Wildman–Crippen LogP) is 1.82. The Balaban J connectivity index is 1.72. The van der Waals surface area contributed by atoms with E-state index < -0.39 is 0 Å². The van der Waals surface area contributed by atoms with E-state index in [0.717, 1.165) is 53.9 Å². The SMILES string of the molecule is Cc1n[nH]c(C)c1CNC(=O)c1onc2c1CCCC2. The van der Waals surface area contributed by atoms with Gasteiger partial charge in [-0.2, -0.15) is 5.10 Å². The number of aromatic amines is 1. The summed E-state index contributed by atoms with van der Waals surface area (Å²) in [5, 5.41) is 13.9. The zero-order chi connectivity index (χ0) is 14.1. The molecule has 20 heavy (non-hydrogen) atoms. The highest BCUT2D eigenvalue weighted by atomic mass is 16.5. The van der Waals surface area contributed by atoms with E-state index in [4.69, 9.17) is 4.52 Å². The van der Waals surface area contributed by atoms with Gasteiger partial charge >= 0.3 is 0 Å². The Kier molecular flexibility index (Phi) is 3.30. The number of H-pyrrole nitrogens is 1. The highest BCUT2D eigenvalue weighted by Crippen LogP contribution is 2.23. The molecule has 2 aromatic rings. The lowest BCUT2D eigenvalue weighted by Crippen LogP contribution is -2.24. The number of fused-ring (bicyclic) bond motifs is 1. The molecule has 1 amide bonds. The maximum atomic E-state index is 12.2. The van der Waals surface area contributed by atoms with E-state index in [2.05, 4.69) is 20.7 Å². The van der Waals surface area contributed by atoms with Crippen molar-refractivity contribution >= 4 is 5.91 Å². The molecule has 6 nitrogen and oxygen atoms in total. The number of nitrogens with zero attached hydrogens (tertiary/aromatic N) is 2. The van der Waals surface area contributed by atoms with Crippen LogP contribution in [0.2, 0.25) is 0 Å². The molecule has 1 aliphatic rings. The van der Waals surface area contributed by atoms with Crippen LogP contribution in [0.4, 0.5) is 0 Å². The van der Waals surface area contributed by atoms with E-state index in [-0.39, 0.29) is 5.91 Å². The van der Waals surface area contributed by atoms with Gasteiger partial charge < -0.3 is 9.84 Å². The summed E-state index contributed by atoms with van der Waals surface area (Å²) in [4.78, 5) is 12.2. The second kappa shape index (κ2) is 5.11. The number of hydrogen-bond acceptors (Lipinski definition) is 4. The van der Waals surface area contributed by atoms with Crippen molar-refractivity contribution in [2.75, 3.05) is 0 Å². The van der Waals surface area contributed by atoms with Gasteiger partial charge in [0.1, 0.15) is 0 Å². The van der Waals surface area contributed by atoms with Crippen LogP contribution in [0.25, 0.3) is 0 Å². The molecule has 6 heteroatoms. The number of carbonyl (C=O) groups is 1. The summed E-state index contributed by atoms with van der Waals surface area (Å²) in [6, 6.07) is 0. The molecule has 0 unspecified atom stereocenters. The van der Waals surface area contributed by atoms with E-state index in [1.807, 2.05) is 13.8 Å². The molecule has 0 radical (unpaired) electrons. The van der Waals surface area contributed by atoms with Crippen molar-refractivity contribution in [3.8, 4) is 0 Å². The summed E-state index contributed by atoms with van der Waals surface area (Å²) < 4.78 is 5.22. The Bertz CT molecular complexity index is 622. The van der Waals surface area contributed by atoms with Crippen molar-refractivity contribution < 1.29 is 9.32 Å². The van der Waals surface area contributed by atoms with Crippen LogP contribution < -0.4 is 5.32 Å². The zero-order valence-corrected chi connectivity index (χ0v) is 11.7. The molecule has 0 fully saturated rings. The van der Waals surface area contributed by atoms with Crippen molar-refractivity contribution in [1.29, 1.82) is 0 Å². The van der Waals surface area contributed by atoms with Crippen LogP contribution in [0, 0.1) is 13.8 Å². The molecule has 0 saturated heterocycles. The maximum Gasteiger partial charge on any atom is 0.290 e. The fourth-order valence-electron chi connectivity index (χ4n) is 2.65. The molecular formula is C14H18N4O2. The lowest BCUT2D eigenvalue weighted by Gasteiger charge is -2.09. The van der Waals surface area contributed by atoms with Gasteiger partial charge in [0.25, 0.3) is 5.91 Å². The van der Waals surface area contributed by atoms with Gasteiger partial charge in [-0.05, 0) is 39.5 Å². The maximum absolute atomic E-state index is 12.2. The second-order valence-electron chi connectivity index (χ2n) is 5.24. The van der Waals surface area contributed by atoms with Crippen molar-refractivity contribution in [2.24, 2.45) is 0 Å². The molecule has 2 heterocycles. The van der Waals surface area contributed by atoms with Gasteiger partial charge in [0.05, 0.1) is 11.4 Å². The molecule has 0 aliphatic heterocycles. The molecule has 2 aromatic heterocycles. The van der Waals surface area contributed by atoms with E-state index in [1.54, 1.807) is 0 Å². The first-order valence-electron chi connectivity index (χ1n) is 6.93. The molecule has 0 atom stereocenters. The van der Waals surface area contributed by atoms with Crippen LogP contribution in [0.5, 0.6) is 0 Å². The molecule has 106 valence electrons. The number of carbonyl (C=O) groups excluding carboxylic acids is 1. The van der Waals surface area contributed by atoms with Crippen LogP contribution in [-0.2, 0) is 19.4 Å². The number of hydrogen-bond donors (Lipinski definition) is 2. The van der Waals surface area contributed by atoms with E-state index in [0.29, 0.717) is 12.3 Å². The second-order valence-corrected chi connectivity index (χ2v) is 5.24. The minimum Gasteiger partial charge on any atom is -0.350 e. The van der Waals surface area contributed by atoms with Crippen molar-refractivity contribution in [3.63, 3.8) is 0 Å². The number of rotatable bonds is 3. The standard InChI is InChI=1S/C14H18N4O2/c1-8-11(9(2)17-16-8)7-15-14(19)13-10-5-3-4-6-12(10)18-20-13/h3-7H2,1-2H3,(H,15,19)(H,16,17). The smallest absolute Gasteiger partial charge is 0.290 e. The monoisotopic (exact) mass is 274 g/mol. The summed E-state index contributed by atoms with van der Waals surface area (Å²) in [7, 11) is 0. The van der Waals surface area contributed by atoms with E-state index in [1.165, 1.54) is 0 Å². The first-order chi connectivity index (χ1) is 9.66. The van der Waals surface area contributed by atoms with Gasteiger partial charge in [-0.1, -0.05) is 5.16 Å². The third-order valence-corrected chi connectivity index (χ3v) is 3.87. The van der Waals surface area contributed by atoms with Crippen LogP contribution in [0.1, 0.15) is 51.6 Å². The molecule has 3 rings (SSSR count). The number of nitrogens with one attached hydrogen (secondary N) is 2. The van der Waals surface area contributed by atoms with E-state index >= 15 is 0 Å². The number of aryl methyl sites for hydroxylation is 3. The first-order valence-corrected chi connectivity index (χ1v) is 6.93. The summed E-state index contributed by atoms with van der Waals surface area (Å²) in [6.45, 7) is 4.31. The predicted molar refractivity (Wildman–Crippen MR) is 72.4 cm³/mol. The lowest BCUT2D eigenvalue weighted by molar-refractivity contribution is 0.0912. The van der Waals surface area contributed by atoms with Gasteiger partial charge in [0.15, 0.2) is 0 Å². The summed E-state index contributed by atoms with van der Waals surface area (Å²) in [6.07, 6.45) is 4.00. The molecule has 0 saturated carbocycles. The summed E-state index contributed by atoms with van der Waals surface area (Å²) >= 11 is 0. The minimum absolute atomic E-state index is 0.194. The van der Waals surface area contributed by atoms with Crippen LogP contribution >= 0.6 is 0 Å². The van der Waals surface area contributed by atoms with Crippen LogP contribution in [-0.4, -0.2) is 21.3 Å². The molecule has 0 spiro atoms. The largest absolute Gasteiger partial charge is 0.350 e. The minimum atomic E-state index is -0.194. The Hall–Kier alpha value is -2.11. The average Bonchev–Trinajstić information content (AvgIpc) is 3.01. The van der Waals surface area contributed by atoms with Crippen LogP contribution in [0.3, 0.4) is 0 Å². The highest BCUT2D eigenvalue weighted by molar-refractivity contribution is 5.93. The third-order valence-electron chi connectivity index (χ3n) is 3.87. The molecule has 0 bridgehead atoms. The van der Waals surface area contributed by atoms with Gasteiger partial charge in [0, 0.05) is 23.4 Å². The molecule has 2 N–H and O–H groups in total. The lowest BCUT2D eigenvalue weighted by atomic mass is 9.96. The van der Waals surface area contributed by atoms with Gasteiger partial charge in [-0.25, -0.2) is 0 Å². The normalized spacial score (nSPS) is 14.1. The summed E-state index contributed by atoms with van der Waals surface area (Å²) in [5.74, 6) is 0.180. The average molecular weight is 274 g/mol. The summed E-state index contributed by atoms with van der Waals surface area (Å²) in [5.41, 5.74) is 4.82. The third kappa shape index (κ3) is 2.21. The van der Waals surface area contributed by atoms with Crippen molar-refractivity contribution in [1.82, 2.24) is 20.7 Å². The Labute approximate surface area is 116 Å². The topological polar surface area (TPSA) is 83.8 Å². The Morgan fingerprint density at radius 3 is 2.90 bits per heavy atom. The highest BCUT2D eigenvalue weighted by Gasteiger charge is 2.24. The first kappa shape index (κ1) is 12.9. The Morgan fingerprint density at radius 2 is 2.15 bits per heavy atom. The Morgan fingerprint density at radius 1 is 1.35 bits per heavy atom. The fourth-order valence-corrected chi connectivity index (χ4v) is 2.65. The van der Waals surface area contributed by atoms with E-state index in [9.17, 15) is 4.79 Å². The van der Waals surface area contributed by atoms with Crippen molar-refractivity contribution in [3.05, 3.63) is 34.0 Å². The van der Waals surface area contributed by atoms with Crippen LogP contribution in [0.15, 0.2) is 4.52 Å². The number of amides is 1. The number of aromatic nitrogens is 3. The molecule has 1 aliphatic carbocycles.